The summed E-state index contributed by atoms with van der Waals surface area (Å²) in [4.78, 5) is 48.4. The number of azide groups is 1. The first-order valence-electron chi connectivity index (χ1n) is 17.9. The Morgan fingerprint density at radius 1 is 0.887 bits per heavy atom. The molecule has 3 aromatic rings. The highest BCUT2D eigenvalue weighted by Gasteiger charge is 2.29. The standard InChI is InChI=1S/C39H48N8O6/c1-45-16-18-47(19-17-45)28-36(48)46(2)32-11-8-29(9-12-32)26-34(30-6-4-3-5-7-30)37-33-13-10-31(27-35(33)43-39(37)50)38(49)41-14-20-51-22-24-53-25-23-52-21-15-42-44-40/h3-13,27H,14-26,28H2,1-2H3,(H,41,49)(H,43,50)/b37-34+. The van der Waals surface area contributed by atoms with E-state index in [4.69, 9.17) is 19.7 Å². The van der Waals surface area contributed by atoms with E-state index in [9.17, 15) is 14.4 Å². The van der Waals surface area contributed by atoms with Crippen molar-refractivity contribution in [3.63, 3.8) is 0 Å². The highest BCUT2D eigenvalue weighted by molar-refractivity contribution is 6.37. The van der Waals surface area contributed by atoms with Gasteiger partial charge in [-0.15, -0.1) is 0 Å². The highest BCUT2D eigenvalue weighted by Crippen LogP contribution is 2.39. The van der Waals surface area contributed by atoms with Gasteiger partial charge in [0.2, 0.25) is 5.91 Å². The Morgan fingerprint density at radius 3 is 2.26 bits per heavy atom. The zero-order valence-electron chi connectivity index (χ0n) is 30.5. The predicted molar refractivity (Wildman–Crippen MR) is 205 cm³/mol. The summed E-state index contributed by atoms with van der Waals surface area (Å²) in [7, 11) is 3.91. The Morgan fingerprint density at radius 2 is 1.57 bits per heavy atom. The summed E-state index contributed by atoms with van der Waals surface area (Å²) in [5.74, 6) is -0.443. The number of nitrogens with one attached hydrogen (secondary N) is 2. The van der Waals surface area contributed by atoms with E-state index < -0.39 is 0 Å². The molecule has 0 aliphatic carbocycles. The van der Waals surface area contributed by atoms with Gasteiger partial charge in [0.15, 0.2) is 0 Å². The van der Waals surface area contributed by atoms with Crippen molar-refractivity contribution in [2.45, 2.75) is 6.42 Å². The molecule has 0 atom stereocenters. The van der Waals surface area contributed by atoms with Crippen molar-refractivity contribution in [3.8, 4) is 0 Å². The van der Waals surface area contributed by atoms with E-state index in [1.54, 1.807) is 17.0 Å². The predicted octanol–water partition coefficient (Wildman–Crippen LogP) is 4.09. The van der Waals surface area contributed by atoms with E-state index in [1.807, 2.05) is 67.7 Å². The van der Waals surface area contributed by atoms with Crippen LogP contribution in [0.5, 0.6) is 0 Å². The molecule has 0 spiro atoms. The lowest BCUT2D eigenvalue weighted by Crippen LogP contribution is -2.48. The molecule has 14 nitrogen and oxygen atoms in total. The minimum Gasteiger partial charge on any atom is -0.379 e. The number of hydrogen-bond donors (Lipinski definition) is 2. The van der Waals surface area contributed by atoms with Crippen LogP contribution >= 0.6 is 0 Å². The van der Waals surface area contributed by atoms with Crippen LogP contribution in [0.3, 0.4) is 0 Å². The Balaban J connectivity index is 1.17. The first kappa shape index (κ1) is 39.1. The van der Waals surface area contributed by atoms with Crippen molar-refractivity contribution in [2.75, 3.05) is 110 Å². The number of amides is 3. The molecule has 0 saturated carbocycles. The molecule has 2 N–H and O–H groups in total. The fourth-order valence-electron chi connectivity index (χ4n) is 6.11. The lowest BCUT2D eigenvalue weighted by molar-refractivity contribution is -0.119. The highest BCUT2D eigenvalue weighted by atomic mass is 16.5. The van der Waals surface area contributed by atoms with Gasteiger partial charge in [0.05, 0.1) is 51.8 Å². The molecule has 3 amide bonds. The molecule has 1 saturated heterocycles. The number of benzene rings is 3. The van der Waals surface area contributed by atoms with Crippen LogP contribution in [0.15, 0.2) is 77.9 Å². The van der Waals surface area contributed by atoms with Crippen LogP contribution in [0.25, 0.3) is 21.6 Å². The van der Waals surface area contributed by atoms with Crippen LogP contribution in [0.1, 0.15) is 27.0 Å². The van der Waals surface area contributed by atoms with E-state index in [2.05, 4.69) is 37.5 Å². The fraction of sp³-hybridized carbons (Fsp3) is 0.410. The van der Waals surface area contributed by atoms with Crippen LogP contribution in [-0.4, -0.2) is 127 Å². The molecule has 0 bridgehead atoms. The Labute approximate surface area is 310 Å². The van der Waals surface area contributed by atoms with Crippen molar-refractivity contribution in [2.24, 2.45) is 5.11 Å². The molecule has 3 aromatic carbocycles. The quantitative estimate of drug-likeness (QED) is 0.0615. The van der Waals surface area contributed by atoms with Crippen LogP contribution in [-0.2, 0) is 30.2 Å². The van der Waals surface area contributed by atoms with Crippen molar-refractivity contribution in [1.29, 1.82) is 0 Å². The van der Waals surface area contributed by atoms with Gasteiger partial charge < -0.3 is 34.6 Å². The number of nitrogens with zero attached hydrogens (tertiary/aromatic N) is 6. The maximum absolute atomic E-state index is 13.6. The third-order valence-corrected chi connectivity index (χ3v) is 9.16. The van der Waals surface area contributed by atoms with E-state index in [0.717, 1.165) is 54.1 Å². The normalized spacial score (nSPS) is 15.3. The summed E-state index contributed by atoms with van der Waals surface area (Å²) >= 11 is 0. The molecule has 2 aliphatic heterocycles. The van der Waals surface area contributed by atoms with Crippen LogP contribution in [0.2, 0.25) is 0 Å². The zero-order chi connectivity index (χ0) is 37.4. The van der Waals surface area contributed by atoms with E-state index in [0.29, 0.717) is 76.0 Å². The van der Waals surface area contributed by atoms with Crippen molar-refractivity contribution >= 4 is 40.2 Å². The summed E-state index contributed by atoms with van der Waals surface area (Å²) in [5, 5.41) is 9.22. The topological polar surface area (TPSA) is 161 Å². The maximum Gasteiger partial charge on any atom is 0.256 e. The minimum atomic E-state index is -0.271. The Hall–Kier alpha value is -5.08. The van der Waals surface area contributed by atoms with Gasteiger partial charge in [0.1, 0.15) is 0 Å². The fourth-order valence-corrected chi connectivity index (χ4v) is 6.11. The number of allylic oxidation sites excluding steroid dienone is 1. The molecule has 2 heterocycles. The number of carbonyl (C=O) groups is 3. The summed E-state index contributed by atoms with van der Waals surface area (Å²) in [6.45, 7) is 6.90. The summed E-state index contributed by atoms with van der Waals surface area (Å²) in [5.41, 5.74) is 14.1. The average molecular weight is 725 g/mol. The zero-order valence-corrected chi connectivity index (χ0v) is 30.5. The molecule has 14 heteroatoms. The first-order valence-corrected chi connectivity index (χ1v) is 17.9. The maximum atomic E-state index is 13.6. The third kappa shape index (κ3) is 11.5. The van der Waals surface area contributed by atoms with Gasteiger partial charge in [-0.05, 0) is 60.0 Å². The van der Waals surface area contributed by atoms with Gasteiger partial charge in [0.25, 0.3) is 11.8 Å². The van der Waals surface area contributed by atoms with Gasteiger partial charge in [-0.3, -0.25) is 19.3 Å². The molecule has 0 radical (unpaired) electrons. The Kier molecular flexibility index (Phi) is 14.9. The second-order valence-electron chi connectivity index (χ2n) is 12.9. The summed E-state index contributed by atoms with van der Waals surface area (Å²) in [6, 6.07) is 23.0. The SMILES string of the molecule is CN1CCN(CC(=O)N(C)c2ccc(C/C(=C3\C(=O)Nc4cc(C(=O)NCCOCCOCCOCCN=[N+]=[N-])ccc43)c3ccccc3)cc2)CC1. The number of rotatable bonds is 19. The van der Waals surface area contributed by atoms with Crippen molar-refractivity contribution in [1.82, 2.24) is 15.1 Å². The summed E-state index contributed by atoms with van der Waals surface area (Å²) < 4.78 is 16.2. The Bertz CT molecular complexity index is 1770. The van der Waals surface area contributed by atoms with E-state index in [-0.39, 0.29) is 24.3 Å². The summed E-state index contributed by atoms with van der Waals surface area (Å²) in [6.07, 6.45) is 0.491. The largest absolute Gasteiger partial charge is 0.379 e. The molecule has 0 aromatic heterocycles. The van der Waals surface area contributed by atoms with Crippen LogP contribution in [0, 0.1) is 0 Å². The van der Waals surface area contributed by atoms with Gasteiger partial charge in [0, 0.05) is 73.7 Å². The lowest BCUT2D eigenvalue weighted by Gasteiger charge is -2.32. The molecule has 5 rings (SSSR count). The second kappa shape index (κ2) is 20.2. The van der Waals surface area contributed by atoms with Crippen LogP contribution in [0.4, 0.5) is 11.4 Å². The average Bonchev–Trinajstić information content (AvgIpc) is 3.51. The molecule has 2 aliphatic rings. The lowest BCUT2D eigenvalue weighted by atomic mass is 9.90. The minimum absolute atomic E-state index is 0.0521. The molecule has 53 heavy (non-hydrogen) atoms. The molecule has 1 fully saturated rings. The van der Waals surface area contributed by atoms with Crippen molar-refractivity contribution < 1.29 is 28.6 Å². The van der Waals surface area contributed by atoms with E-state index in [1.165, 1.54) is 0 Å². The molecular weight excluding hydrogens is 676 g/mol. The van der Waals surface area contributed by atoms with Gasteiger partial charge in [-0.25, -0.2) is 0 Å². The molecule has 280 valence electrons. The molecular formula is C39H48N8O6. The smallest absolute Gasteiger partial charge is 0.256 e. The number of hydrogen-bond acceptors (Lipinski definition) is 9. The number of ether oxygens (including phenoxy) is 3. The number of likely N-dealkylation sites (N-methyl/N-ethyl adjacent to an activating group) is 2. The number of carbonyl (C=O) groups excluding carboxylic acids is 3. The number of fused-ring (bicyclic) bond motifs is 1. The first-order chi connectivity index (χ1) is 25.8. The van der Waals surface area contributed by atoms with Gasteiger partial charge in [-0.1, -0.05) is 53.6 Å². The number of piperazine rings is 1. The van der Waals surface area contributed by atoms with E-state index >= 15 is 0 Å². The molecule has 0 unspecified atom stereocenters. The van der Waals surface area contributed by atoms with Crippen LogP contribution < -0.4 is 15.5 Å². The van der Waals surface area contributed by atoms with Gasteiger partial charge >= 0.3 is 0 Å². The second-order valence-corrected chi connectivity index (χ2v) is 12.9. The van der Waals surface area contributed by atoms with Crippen molar-refractivity contribution in [3.05, 3.63) is 105 Å². The monoisotopic (exact) mass is 724 g/mol. The number of anilines is 2. The van der Waals surface area contributed by atoms with Gasteiger partial charge in [-0.2, -0.15) is 0 Å². The third-order valence-electron chi connectivity index (χ3n) is 9.16.